The molecule has 4 heteroatoms. The summed E-state index contributed by atoms with van der Waals surface area (Å²) in [4.78, 5) is 11.7. The minimum atomic E-state index is -0.0289. The normalized spacial score (nSPS) is 19.0. The first-order chi connectivity index (χ1) is 8.29. The molecule has 1 amide bonds. The summed E-state index contributed by atoms with van der Waals surface area (Å²) in [7, 11) is 0. The van der Waals surface area contributed by atoms with Crippen molar-refractivity contribution in [3.8, 4) is 0 Å². The highest BCUT2D eigenvalue weighted by Gasteiger charge is 2.15. The summed E-state index contributed by atoms with van der Waals surface area (Å²) in [6, 6.07) is 7.92. The predicted octanol–water partition coefficient (Wildman–Crippen LogP) is 1.64. The largest absolute Gasteiger partial charge is 0.380 e. The Morgan fingerprint density at radius 2 is 2.41 bits per heavy atom. The standard InChI is InChI=1S/C13H18N2O2/c1-2-14-13(16)10-4-3-5-11(8-10)15-12-6-7-17-9-12/h3-5,8,12,15H,2,6-7,9H2,1H3,(H,14,16). The molecule has 1 fully saturated rings. The van der Waals surface area contributed by atoms with E-state index >= 15 is 0 Å². The van der Waals surface area contributed by atoms with E-state index in [9.17, 15) is 4.79 Å². The summed E-state index contributed by atoms with van der Waals surface area (Å²) in [6.07, 6.45) is 1.02. The SMILES string of the molecule is CCNC(=O)c1cccc(NC2CCOC2)c1. The van der Waals surface area contributed by atoms with Crippen LogP contribution in [-0.4, -0.2) is 31.7 Å². The maximum absolute atomic E-state index is 11.7. The highest BCUT2D eigenvalue weighted by molar-refractivity contribution is 5.95. The van der Waals surface area contributed by atoms with Crippen LogP contribution in [0.25, 0.3) is 0 Å². The highest BCUT2D eigenvalue weighted by Crippen LogP contribution is 2.15. The van der Waals surface area contributed by atoms with Gasteiger partial charge in [0.05, 0.1) is 12.6 Å². The third kappa shape index (κ3) is 3.20. The van der Waals surface area contributed by atoms with Crippen LogP contribution in [0.3, 0.4) is 0 Å². The van der Waals surface area contributed by atoms with E-state index in [1.54, 1.807) is 0 Å². The van der Waals surface area contributed by atoms with Crippen LogP contribution in [0.1, 0.15) is 23.7 Å². The Balaban J connectivity index is 2.02. The Bertz CT molecular complexity index is 387. The minimum Gasteiger partial charge on any atom is -0.380 e. The van der Waals surface area contributed by atoms with Crippen molar-refractivity contribution in [2.75, 3.05) is 25.1 Å². The smallest absolute Gasteiger partial charge is 0.251 e. The van der Waals surface area contributed by atoms with Crippen molar-refractivity contribution in [3.05, 3.63) is 29.8 Å². The fourth-order valence-electron chi connectivity index (χ4n) is 1.90. The van der Waals surface area contributed by atoms with Gasteiger partial charge >= 0.3 is 0 Å². The number of carbonyl (C=O) groups excluding carboxylic acids is 1. The van der Waals surface area contributed by atoms with E-state index in [1.807, 2.05) is 31.2 Å². The molecule has 0 aliphatic carbocycles. The predicted molar refractivity (Wildman–Crippen MR) is 67.3 cm³/mol. The zero-order valence-corrected chi connectivity index (χ0v) is 10.0. The van der Waals surface area contributed by atoms with E-state index in [2.05, 4.69) is 10.6 Å². The van der Waals surface area contributed by atoms with Crippen molar-refractivity contribution in [1.29, 1.82) is 0 Å². The van der Waals surface area contributed by atoms with Crippen molar-refractivity contribution in [3.63, 3.8) is 0 Å². The van der Waals surface area contributed by atoms with Gasteiger partial charge in [0.1, 0.15) is 0 Å². The van der Waals surface area contributed by atoms with Gasteiger partial charge < -0.3 is 15.4 Å². The second-order valence-electron chi connectivity index (χ2n) is 4.15. The van der Waals surface area contributed by atoms with E-state index in [0.717, 1.165) is 25.3 Å². The van der Waals surface area contributed by atoms with Gasteiger partial charge in [0, 0.05) is 24.4 Å². The Kier molecular flexibility index (Phi) is 3.98. The van der Waals surface area contributed by atoms with Crippen LogP contribution < -0.4 is 10.6 Å². The summed E-state index contributed by atoms with van der Waals surface area (Å²) < 4.78 is 5.30. The maximum Gasteiger partial charge on any atom is 0.251 e. The number of anilines is 1. The monoisotopic (exact) mass is 234 g/mol. The van der Waals surface area contributed by atoms with Gasteiger partial charge in [0.15, 0.2) is 0 Å². The van der Waals surface area contributed by atoms with Gasteiger partial charge in [-0.1, -0.05) is 6.07 Å². The van der Waals surface area contributed by atoms with E-state index in [1.165, 1.54) is 0 Å². The van der Waals surface area contributed by atoms with Gasteiger partial charge in [0.25, 0.3) is 5.91 Å². The number of ether oxygens (including phenoxy) is 1. The van der Waals surface area contributed by atoms with Crippen LogP contribution in [0.2, 0.25) is 0 Å². The second-order valence-corrected chi connectivity index (χ2v) is 4.15. The van der Waals surface area contributed by atoms with Crippen LogP contribution in [0.5, 0.6) is 0 Å². The molecule has 17 heavy (non-hydrogen) atoms. The average Bonchev–Trinajstić information content (AvgIpc) is 2.82. The molecule has 1 atom stereocenters. The molecular formula is C13H18N2O2. The van der Waals surface area contributed by atoms with E-state index < -0.39 is 0 Å². The third-order valence-electron chi connectivity index (χ3n) is 2.76. The van der Waals surface area contributed by atoms with E-state index in [0.29, 0.717) is 18.2 Å². The number of carbonyl (C=O) groups is 1. The Labute approximate surface area is 101 Å². The minimum absolute atomic E-state index is 0.0289. The first kappa shape index (κ1) is 11.9. The summed E-state index contributed by atoms with van der Waals surface area (Å²) in [5, 5.41) is 6.16. The maximum atomic E-state index is 11.7. The molecule has 0 bridgehead atoms. The summed E-state index contributed by atoms with van der Waals surface area (Å²) in [5.74, 6) is -0.0289. The van der Waals surface area contributed by atoms with Gasteiger partial charge in [-0.25, -0.2) is 0 Å². The van der Waals surface area contributed by atoms with Crippen molar-refractivity contribution in [2.45, 2.75) is 19.4 Å². The Morgan fingerprint density at radius 3 is 3.12 bits per heavy atom. The molecule has 2 rings (SSSR count). The van der Waals surface area contributed by atoms with Gasteiger partial charge in [0.2, 0.25) is 0 Å². The second kappa shape index (κ2) is 5.68. The first-order valence-corrected chi connectivity index (χ1v) is 6.02. The number of hydrogen-bond donors (Lipinski definition) is 2. The van der Waals surface area contributed by atoms with Crippen LogP contribution in [-0.2, 0) is 4.74 Å². The number of hydrogen-bond acceptors (Lipinski definition) is 3. The van der Waals surface area contributed by atoms with Crippen molar-refractivity contribution in [1.82, 2.24) is 5.32 Å². The van der Waals surface area contributed by atoms with Gasteiger partial charge in [-0.15, -0.1) is 0 Å². The summed E-state index contributed by atoms with van der Waals surface area (Å²) in [5.41, 5.74) is 1.67. The topological polar surface area (TPSA) is 50.4 Å². The number of rotatable bonds is 4. The van der Waals surface area contributed by atoms with Gasteiger partial charge in [-0.3, -0.25) is 4.79 Å². The lowest BCUT2D eigenvalue weighted by Crippen LogP contribution is -2.23. The molecule has 92 valence electrons. The van der Waals surface area contributed by atoms with Gasteiger partial charge in [-0.05, 0) is 31.5 Å². The third-order valence-corrected chi connectivity index (χ3v) is 2.76. The fourth-order valence-corrected chi connectivity index (χ4v) is 1.90. The molecule has 1 aromatic rings. The zero-order valence-electron chi connectivity index (χ0n) is 10.0. The molecule has 1 heterocycles. The lowest BCUT2D eigenvalue weighted by atomic mass is 10.1. The first-order valence-electron chi connectivity index (χ1n) is 6.02. The summed E-state index contributed by atoms with van der Waals surface area (Å²) in [6.45, 7) is 4.11. The number of nitrogens with one attached hydrogen (secondary N) is 2. The molecule has 1 aliphatic heterocycles. The van der Waals surface area contributed by atoms with Gasteiger partial charge in [-0.2, -0.15) is 0 Å². The fraction of sp³-hybridized carbons (Fsp3) is 0.462. The molecule has 2 N–H and O–H groups in total. The molecular weight excluding hydrogens is 216 g/mol. The lowest BCUT2D eigenvalue weighted by Gasteiger charge is -2.13. The zero-order chi connectivity index (χ0) is 12.1. The number of amides is 1. The highest BCUT2D eigenvalue weighted by atomic mass is 16.5. The molecule has 4 nitrogen and oxygen atoms in total. The Hall–Kier alpha value is -1.55. The molecule has 0 radical (unpaired) electrons. The summed E-state index contributed by atoms with van der Waals surface area (Å²) >= 11 is 0. The quantitative estimate of drug-likeness (QED) is 0.832. The number of benzene rings is 1. The molecule has 1 aliphatic rings. The molecule has 0 aromatic heterocycles. The van der Waals surface area contributed by atoms with Crippen LogP contribution >= 0.6 is 0 Å². The van der Waals surface area contributed by atoms with Crippen LogP contribution in [0.4, 0.5) is 5.69 Å². The van der Waals surface area contributed by atoms with E-state index in [-0.39, 0.29) is 5.91 Å². The molecule has 1 unspecified atom stereocenters. The molecule has 1 saturated heterocycles. The van der Waals surface area contributed by atoms with E-state index in [4.69, 9.17) is 4.74 Å². The molecule has 1 aromatic carbocycles. The van der Waals surface area contributed by atoms with Crippen LogP contribution in [0, 0.1) is 0 Å². The Morgan fingerprint density at radius 1 is 1.53 bits per heavy atom. The van der Waals surface area contributed by atoms with Crippen molar-refractivity contribution >= 4 is 11.6 Å². The van der Waals surface area contributed by atoms with Crippen molar-refractivity contribution < 1.29 is 9.53 Å². The van der Waals surface area contributed by atoms with Crippen LogP contribution in [0.15, 0.2) is 24.3 Å². The molecule has 0 saturated carbocycles. The van der Waals surface area contributed by atoms with Crippen molar-refractivity contribution in [2.24, 2.45) is 0 Å². The average molecular weight is 234 g/mol. The molecule has 0 spiro atoms. The lowest BCUT2D eigenvalue weighted by molar-refractivity contribution is 0.0956.